The summed E-state index contributed by atoms with van der Waals surface area (Å²) in [7, 11) is 1.81. The minimum atomic E-state index is -0.187. The predicted molar refractivity (Wildman–Crippen MR) is 85.2 cm³/mol. The van der Waals surface area contributed by atoms with Gasteiger partial charge in [-0.3, -0.25) is 9.48 Å². The fourth-order valence-electron chi connectivity index (χ4n) is 2.48. The number of nitrogens with one attached hydrogen (secondary N) is 2. The molecule has 1 aliphatic heterocycles. The highest BCUT2D eigenvalue weighted by Crippen LogP contribution is 2.16. The number of nitrogens with zero attached hydrogens (tertiary/aromatic N) is 4. The SMILES string of the molecule is Cc1c(C(=O)Nc2ccc(N3CCNCC3)cn2)cnn1C. The number of anilines is 2. The van der Waals surface area contributed by atoms with E-state index in [1.807, 2.05) is 26.1 Å². The number of hydrogen-bond donors (Lipinski definition) is 2. The maximum atomic E-state index is 12.2. The maximum absolute atomic E-state index is 12.2. The molecule has 2 N–H and O–H groups in total. The molecular weight excluding hydrogens is 280 g/mol. The normalized spacial score (nSPS) is 14.9. The van der Waals surface area contributed by atoms with Crippen LogP contribution in [0.15, 0.2) is 24.5 Å². The van der Waals surface area contributed by atoms with Gasteiger partial charge in [0.25, 0.3) is 5.91 Å². The number of pyridine rings is 1. The van der Waals surface area contributed by atoms with Crippen molar-refractivity contribution in [3.8, 4) is 0 Å². The van der Waals surface area contributed by atoms with Crippen molar-refractivity contribution in [3.63, 3.8) is 0 Å². The molecule has 1 aliphatic rings. The van der Waals surface area contributed by atoms with Crippen LogP contribution in [0.5, 0.6) is 0 Å². The van der Waals surface area contributed by atoms with Crippen LogP contribution >= 0.6 is 0 Å². The Morgan fingerprint density at radius 2 is 2.05 bits per heavy atom. The Morgan fingerprint density at radius 1 is 1.27 bits per heavy atom. The fourth-order valence-corrected chi connectivity index (χ4v) is 2.48. The highest BCUT2D eigenvalue weighted by molar-refractivity contribution is 6.04. The zero-order valence-corrected chi connectivity index (χ0v) is 12.8. The number of aromatic nitrogens is 3. The van der Waals surface area contributed by atoms with Crippen LogP contribution in [-0.4, -0.2) is 46.9 Å². The molecule has 7 heteroatoms. The van der Waals surface area contributed by atoms with E-state index in [-0.39, 0.29) is 5.91 Å². The summed E-state index contributed by atoms with van der Waals surface area (Å²) in [6, 6.07) is 3.82. The van der Waals surface area contributed by atoms with Gasteiger partial charge in [0.1, 0.15) is 5.82 Å². The van der Waals surface area contributed by atoms with Gasteiger partial charge in [-0.05, 0) is 19.1 Å². The molecule has 7 nitrogen and oxygen atoms in total. The molecule has 0 bridgehead atoms. The Kier molecular flexibility index (Phi) is 4.06. The van der Waals surface area contributed by atoms with Crippen LogP contribution in [0, 0.1) is 6.92 Å². The molecule has 0 saturated carbocycles. The number of aryl methyl sites for hydroxylation is 1. The summed E-state index contributed by atoms with van der Waals surface area (Å²) in [4.78, 5) is 18.8. The monoisotopic (exact) mass is 300 g/mol. The van der Waals surface area contributed by atoms with Crippen LogP contribution in [0.3, 0.4) is 0 Å². The van der Waals surface area contributed by atoms with E-state index in [9.17, 15) is 4.79 Å². The van der Waals surface area contributed by atoms with Crippen molar-refractivity contribution in [3.05, 3.63) is 35.8 Å². The molecule has 1 amide bonds. The van der Waals surface area contributed by atoms with Gasteiger partial charge < -0.3 is 15.5 Å². The van der Waals surface area contributed by atoms with Crippen molar-refractivity contribution in [1.29, 1.82) is 0 Å². The molecular formula is C15H20N6O. The van der Waals surface area contributed by atoms with Crippen LogP contribution < -0.4 is 15.5 Å². The van der Waals surface area contributed by atoms with Gasteiger partial charge in [0, 0.05) is 38.9 Å². The second-order valence-electron chi connectivity index (χ2n) is 5.36. The van der Waals surface area contributed by atoms with E-state index in [0.29, 0.717) is 11.4 Å². The molecule has 0 atom stereocenters. The summed E-state index contributed by atoms with van der Waals surface area (Å²) in [6.07, 6.45) is 3.37. The molecule has 0 radical (unpaired) electrons. The number of piperazine rings is 1. The topological polar surface area (TPSA) is 75.1 Å². The molecule has 1 saturated heterocycles. The lowest BCUT2D eigenvalue weighted by atomic mass is 10.2. The lowest BCUT2D eigenvalue weighted by molar-refractivity contribution is 0.102. The third kappa shape index (κ3) is 2.94. The second kappa shape index (κ2) is 6.15. The quantitative estimate of drug-likeness (QED) is 0.876. The molecule has 0 aromatic carbocycles. The van der Waals surface area contributed by atoms with Crippen molar-refractivity contribution in [2.24, 2.45) is 7.05 Å². The molecule has 3 rings (SSSR count). The van der Waals surface area contributed by atoms with Crippen LogP contribution in [0.25, 0.3) is 0 Å². The van der Waals surface area contributed by atoms with Crippen LogP contribution in [0.2, 0.25) is 0 Å². The number of rotatable bonds is 3. The Labute approximate surface area is 129 Å². The first-order chi connectivity index (χ1) is 10.6. The minimum Gasteiger partial charge on any atom is -0.368 e. The van der Waals surface area contributed by atoms with E-state index in [1.165, 1.54) is 0 Å². The van der Waals surface area contributed by atoms with Crippen LogP contribution in [0.4, 0.5) is 11.5 Å². The second-order valence-corrected chi connectivity index (χ2v) is 5.36. The fraction of sp³-hybridized carbons (Fsp3) is 0.400. The minimum absolute atomic E-state index is 0.187. The Morgan fingerprint density at radius 3 is 2.64 bits per heavy atom. The van der Waals surface area contributed by atoms with Gasteiger partial charge in [-0.25, -0.2) is 4.98 Å². The Hall–Kier alpha value is -2.41. The summed E-state index contributed by atoms with van der Waals surface area (Å²) in [6.45, 7) is 5.78. The average Bonchev–Trinajstić information content (AvgIpc) is 2.88. The standard InChI is InChI=1S/C15H20N6O/c1-11-13(10-18-20(11)2)15(22)19-14-4-3-12(9-17-14)21-7-5-16-6-8-21/h3-4,9-10,16H,5-8H2,1-2H3,(H,17,19,22). The maximum Gasteiger partial charge on any atom is 0.260 e. The molecule has 2 aromatic rings. The first-order valence-electron chi connectivity index (χ1n) is 7.37. The Bertz CT molecular complexity index is 657. The number of amides is 1. The van der Waals surface area contributed by atoms with Gasteiger partial charge in [-0.1, -0.05) is 0 Å². The van der Waals surface area contributed by atoms with E-state index < -0.39 is 0 Å². The summed E-state index contributed by atoms with van der Waals surface area (Å²) in [5.74, 6) is 0.361. The van der Waals surface area contributed by atoms with Crippen molar-refractivity contribution in [2.75, 3.05) is 36.4 Å². The third-order valence-corrected chi connectivity index (χ3v) is 3.95. The van der Waals surface area contributed by atoms with Gasteiger partial charge in [0.15, 0.2) is 0 Å². The van der Waals surface area contributed by atoms with E-state index in [4.69, 9.17) is 0 Å². The highest BCUT2D eigenvalue weighted by atomic mass is 16.1. The van der Waals surface area contributed by atoms with Crippen LogP contribution in [0.1, 0.15) is 16.1 Å². The van der Waals surface area contributed by atoms with Gasteiger partial charge in [0.2, 0.25) is 0 Å². The largest absolute Gasteiger partial charge is 0.368 e. The molecule has 0 unspecified atom stereocenters. The van der Waals surface area contributed by atoms with Gasteiger partial charge in [0.05, 0.1) is 23.6 Å². The van der Waals surface area contributed by atoms with Crippen molar-refractivity contribution in [1.82, 2.24) is 20.1 Å². The molecule has 0 spiro atoms. The molecule has 2 aromatic heterocycles. The smallest absolute Gasteiger partial charge is 0.260 e. The van der Waals surface area contributed by atoms with Crippen molar-refractivity contribution >= 4 is 17.4 Å². The summed E-state index contributed by atoms with van der Waals surface area (Å²) in [5.41, 5.74) is 2.47. The van der Waals surface area contributed by atoms with E-state index >= 15 is 0 Å². The molecule has 3 heterocycles. The summed E-state index contributed by atoms with van der Waals surface area (Å²) < 4.78 is 1.68. The zero-order valence-electron chi connectivity index (χ0n) is 12.8. The van der Waals surface area contributed by atoms with E-state index in [0.717, 1.165) is 37.6 Å². The molecule has 0 aliphatic carbocycles. The number of carbonyl (C=O) groups is 1. The third-order valence-electron chi connectivity index (χ3n) is 3.95. The average molecular weight is 300 g/mol. The lowest BCUT2D eigenvalue weighted by Gasteiger charge is -2.29. The van der Waals surface area contributed by atoms with E-state index in [2.05, 4.69) is 25.6 Å². The Balaban J connectivity index is 1.68. The lowest BCUT2D eigenvalue weighted by Crippen LogP contribution is -2.43. The summed E-state index contributed by atoms with van der Waals surface area (Å²) in [5, 5.41) is 10.2. The van der Waals surface area contributed by atoms with Crippen molar-refractivity contribution in [2.45, 2.75) is 6.92 Å². The van der Waals surface area contributed by atoms with Gasteiger partial charge in [-0.2, -0.15) is 5.10 Å². The van der Waals surface area contributed by atoms with E-state index in [1.54, 1.807) is 17.1 Å². The zero-order chi connectivity index (χ0) is 15.5. The van der Waals surface area contributed by atoms with Gasteiger partial charge >= 0.3 is 0 Å². The predicted octanol–water partition coefficient (Wildman–Crippen LogP) is 0.785. The number of carbonyl (C=O) groups excluding carboxylic acids is 1. The number of hydrogen-bond acceptors (Lipinski definition) is 5. The highest BCUT2D eigenvalue weighted by Gasteiger charge is 2.14. The van der Waals surface area contributed by atoms with Gasteiger partial charge in [-0.15, -0.1) is 0 Å². The molecule has 22 heavy (non-hydrogen) atoms. The first-order valence-corrected chi connectivity index (χ1v) is 7.37. The molecule has 1 fully saturated rings. The van der Waals surface area contributed by atoms with Crippen LogP contribution in [-0.2, 0) is 7.05 Å². The van der Waals surface area contributed by atoms with Crippen molar-refractivity contribution < 1.29 is 4.79 Å². The summed E-state index contributed by atoms with van der Waals surface area (Å²) >= 11 is 0. The molecule has 116 valence electrons. The first kappa shape index (κ1) is 14.5.